The lowest BCUT2D eigenvalue weighted by Crippen LogP contribution is -2.40. The van der Waals surface area contributed by atoms with E-state index < -0.39 is 0 Å². The van der Waals surface area contributed by atoms with Gasteiger partial charge >= 0.3 is 6.03 Å². The molecule has 4 nitrogen and oxygen atoms in total. The van der Waals surface area contributed by atoms with Crippen molar-refractivity contribution in [1.29, 1.82) is 0 Å². The first-order valence-electron chi connectivity index (χ1n) is 7.17. The average Bonchev–Trinajstić information content (AvgIpc) is 3.08. The van der Waals surface area contributed by atoms with Gasteiger partial charge in [0.1, 0.15) is 0 Å². The molecule has 3 rings (SSSR count). The Balaban J connectivity index is 1.73. The molecule has 102 valence electrons. The molecule has 0 radical (unpaired) electrons. The zero-order chi connectivity index (χ0) is 13.2. The highest BCUT2D eigenvalue weighted by molar-refractivity contribution is 5.94. The molecule has 0 bridgehead atoms. The maximum absolute atomic E-state index is 12.5. The molecule has 0 aliphatic carbocycles. The normalized spacial score (nSPS) is 23.4. The van der Waals surface area contributed by atoms with E-state index in [1.54, 1.807) is 0 Å². The first kappa shape index (κ1) is 12.5. The van der Waals surface area contributed by atoms with Crippen LogP contribution >= 0.6 is 0 Å². The zero-order valence-electron chi connectivity index (χ0n) is 11.4. The van der Waals surface area contributed by atoms with E-state index in [4.69, 9.17) is 0 Å². The standard InChI is InChI=1S/C15H21N3O/c1-2-12-3-5-13(6-4-12)17-9-10-18(15(17)19)14-7-8-16-11-14/h3-6,14,16H,2,7-11H2,1H3. The monoisotopic (exact) mass is 259 g/mol. The SMILES string of the molecule is CCc1ccc(N2CCN(C3CCNC3)C2=O)cc1. The van der Waals surface area contributed by atoms with E-state index in [1.165, 1.54) is 5.56 Å². The van der Waals surface area contributed by atoms with Gasteiger partial charge in [-0.3, -0.25) is 4.90 Å². The topological polar surface area (TPSA) is 35.6 Å². The van der Waals surface area contributed by atoms with E-state index in [2.05, 4.69) is 36.5 Å². The van der Waals surface area contributed by atoms with Crippen LogP contribution < -0.4 is 10.2 Å². The first-order valence-corrected chi connectivity index (χ1v) is 7.17. The predicted octanol–water partition coefficient (Wildman–Crippen LogP) is 1.85. The van der Waals surface area contributed by atoms with Crippen LogP contribution in [0.5, 0.6) is 0 Å². The lowest BCUT2D eigenvalue weighted by molar-refractivity contribution is 0.205. The molecule has 2 aliphatic rings. The van der Waals surface area contributed by atoms with Crippen molar-refractivity contribution in [2.24, 2.45) is 0 Å². The van der Waals surface area contributed by atoms with Crippen LogP contribution in [-0.4, -0.2) is 43.2 Å². The van der Waals surface area contributed by atoms with Crippen LogP contribution in [0.3, 0.4) is 0 Å². The Hall–Kier alpha value is -1.55. The van der Waals surface area contributed by atoms with Crippen molar-refractivity contribution in [2.45, 2.75) is 25.8 Å². The summed E-state index contributed by atoms with van der Waals surface area (Å²) in [6, 6.07) is 8.90. The van der Waals surface area contributed by atoms with Crippen LogP contribution in [-0.2, 0) is 6.42 Å². The van der Waals surface area contributed by atoms with Gasteiger partial charge in [0, 0.05) is 31.4 Å². The molecule has 1 unspecified atom stereocenters. The maximum Gasteiger partial charge on any atom is 0.324 e. The van der Waals surface area contributed by atoms with Crippen LogP contribution in [0.25, 0.3) is 0 Å². The number of urea groups is 1. The summed E-state index contributed by atoms with van der Waals surface area (Å²) in [5.74, 6) is 0. The van der Waals surface area contributed by atoms with Gasteiger partial charge in [0.05, 0.1) is 0 Å². The lowest BCUT2D eigenvalue weighted by atomic mass is 10.1. The number of hydrogen-bond donors (Lipinski definition) is 1. The second-order valence-electron chi connectivity index (χ2n) is 5.29. The van der Waals surface area contributed by atoms with Crippen molar-refractivity contribution in [3.05, 3.63) is 29.8 Å². The van der Waals surface area contributed by atoms with Gasteiger partial charge in [-0.15, -0.1) is 0 Å². The Morgan fingerprint density at radius 3 is 2.68 bits per heavy atom. The number of anilines is 1. The third kappa shape index (κ3) is 2.32. The molecular weight excluding hydrogens is 238 g/mol. The summed E-state index contributed by atoms with van der Waals surface area (Å²) < 4.78 is 0. The van der Waals surface area contributed by atoms with Gasteiger partial charge in [0.2, 0.25) is 0 Å². The Kier molecular flexibility index (Phi) is 3.42. The highest BCUT2D eigenvalue weighted by Crippen LogP contribution is 2.23. The lowest BCUT2D eigenvalue weighted by Gasteiger charge is -2.23. The fraction of sp³-hybridized carbons (Fsp3) is 0.533. The minimum atomic E-state index is 0.165. The van der Waals surface area contributed by atoms with Crippen LogP contribution in [0.15, 0.2) is 24.3 Å². The predicted molar refractivity (Wildman–Crippen MR) is 76.5 cm³/mol. The largest absolute Gasteiger partial charge is 0.324 e. The summed E-state index contributed by atoms with van der Waals surface area (Å²) in [5.41, 5.74) is 2.34. The van der Waals surface area contributed by atoms with E-state index in [9.17, 15) is 4.79 Å². The molecule has 1 N–H and O–H groups in total. The van der Waals surface area contributed by atoms with E-state index in [1.807, 2.05) is 9.80 Å². The first-order chi connectivity index (χ1) is 9.29. The summed E-state index contributed by atoms with van der Waals surface area (Å²) in [4.78, 5) is 16.4. The summed E-state index contributed by atoms with van der Waals surface area (Å²) >= 11 is 0. The fourth-order valence-electron chi connectivity index (χ4n) is 2.95. The number of carbonyl (C=O) groups is 1. The molecule has 1 aromatic rings. The van der Waals surface area contributed by atoms with E-state index in [-0.39, 0.29) is 6.03 Å². The fourth-order valence-corrected chi connectivity index (χ4v) is 2.95. The van der Waals surface area contributed by atoms with Crippen molar-refractivity contribution in [3.8, 4) is 0 Å². The molecular formula is C15H21N3O. The quantitative estimate of drug-likeness (QED) is 0.899. The van der Waals surface area contributed by atoms with Crippen LogP contribution in [0, 0.1) is 0 Å². The molecule has 4 heteroatoms. The summed E-state index contributed by atoms with van der Waals surface area (Å²) in [6.45, 7) is 5.76. The smallest absolute Gasteiger partial charge is 0.318 e. The Morgan fingerprint density at radius 1 is 1.26 bits per heavy atom. The second kappa shape index (κ2) is 5.21. The Labute approximate surface area is 114 Å². The third-order valence-electron chi connectivity index (χ3n) is 4.17. The number of benzene rings is 1. The van der Waals surface area contributed by atoms with Crippen LogP contribution in [0.4, 0.5) is 10.5 Å². The molecule has 0 saturated carbocycles. The summed E-state index contributed by atoms with van der Waals surface area (Å²) in [6.07, 6.45) is 2.11. The van der Waals surface area contributed by atoms with Crippen molar-refractivity contribution in [2.75, 3.05) is 31.1 Å². The molecule has 2 aliphatic heterocycles. The summed E-state index contributed by atoms with van der Waals surface area (Å²) in [7, 11) is 0. The number of amides is 2. The van der Waals surface area contributed by atoms with E-state index >= 15 is 0 Å². The molecule has 2 heterocycles. The molecule has 0 spiro atoms. The van der Waals surface area contributed by atoms with Gasteiger partial charge in [0.25, 0.3) is 0 Å². The Bertz CT molecular complexity index is 451. The van der Waals surface area contributed by atoms with E-state index in [0.29, 0.717) is 6.04 Å². The molecule has 19 heavy (non-hydrogen) atoms. The second-order valence-corrected chi connectivity index (χ2v) is 5.29. The van der Waals surface area contributed by atoms with Crippen molar-refractivity contribution >= 4 is 11.7 Å². The number of nitrogens with one attached hydrogen (secondary N) is 1. The van der Waals surface area contributed by atoms with Gasteiger partial charge in [0.15, 0.2) is 0 Å². The van der Waals surface area contributed by atoms with Crippen molar-refractivity contribution in [3.63, 3.8) is 0 Å². The van der Waals surface area contributed by atoms with Crippen LogP contribution in [0.2, 0.25) is 0 Å². The van der Waals surface area contributed by atoms with Gasteiger partial charge in [-0.1, -0.05) is 19.1 Å². The van der Waals surface area contributed by atoms with Gasteiger partial charge in [-0.05, 0) is 37.1 Å². The third-order valence-corrected chi connectivity index (χ3v) is 4.17. The minimum absolute atomic E-state index is 0.165. The molecule has 2 fully saturated rings. The molecule has 2 amide bonds. The average molecular weight is 259 g/mol. The maximum atomic E-state index is 12.5. The Morgan fingerprint density at radius 2 is 2.05 bits per heavy atom. The number of carbonyl (C=O) groups excluding carboxylic acids is 1. The molecule has 1 atom stereocenters. The number of hydrogen-bond acceptors (Lipinski definition) is 2. The molecule has 2 saturated heterocycles. The molecule has 1 aromatic carbocycles. The number of nitrogens with zero attached hydrogens (tertiary/aromatic N) is 2. The van der Waals surface area contributed by atoms with Crippen molar-refractivity contribution in [1.82, 2.24) is 10.2 Å². The number of rotatable bonds is 3. The number of aryl methyl sites for hydroxylation is 1. The highest BCUT2D eigenvalue weighted by Gasteiger charge is 2.35. The highest BCUT2D eigenvalue weighted by atomic mass is 16.2. The minimum Gasteiger partial charge on any atom is -0.318 e. The summed E-state index contributed by atoms with van der Waals surface area (Å²) in [5, 5.41) is 3.33. The van der Waals surface area contributed by atoms with Crippen molar-refractivity contribution < 1.29 is 4.79 Å². The van der Waals surface area contributed by atoms with Gasteiger partial charge in [-0.2, -0.15) is 0 Å². The zero-order valence-corrected chi connectivity index (χ0v) is 11.4. The van der Waals surface area contributed by atoms with Gasteiger partial charge < -0.3 is 10.2 Å². The van der Waals surface area contributed by atoms with E-state index in [0.717, 1.165) is 44.7 Å². The van der Waals surface area contributed by atoms with Gasteiger partial charge in [-0.25, -0.2) is 4.79 Å². The van der Waals surface area contributed by atoms with Crippen LogP contribution in [0.1, 0.15) is 18.9 Å². The molecule has 0 aromatic heterocycles.